The molecule has 2 heterocycles. The topological polar surface area (TPSA) is 56.0 Å². The first-order valence-electron chi connectivity index (χ1n) is 4.23. The van der Waals surface area contributed by atoms with Gasteiger partial charge in [0.1, 0.15) is 18.0 Å². The lowest BCUT2D eigenvalue weighted by atomic mass is 10.2. The Bertz CT molecular complexity index is 431. The molecule has 0 aliphatic rings. The van der Waals surface area contributed by atoms with Crippen LogP contribution in [-0.4, -0.2) is 24.6 Å². The first kappa shape index (κ1) is 8.10. The lowest BCUT2D eigenvalue weighted by molar-refractivity contribution is 0.691. The molecule has 0 saturated carbocycles. The van der Waals surface area contributed by atoms with E-state index in [0.29, 0.717) is 11.7 Å². The maximum atomic E-state index is 4.32. The van der Waals surface area contributed by atoms with Crippen LogP contribution in [0, 0.1) is 6.92 Å². The van der Waals surface area contributed by atoms with E-state index in [4.69, 9.17) is 0 Å². The highest BCUT2D eigenvalue weighted by Crippen LogP contribution is 2.11. The molecule has 5 nitrogen and oxygen atoms in total. The van der Waals surface area contributed by atoms with Gasteiger partial charge in [-0.3, -0.25) is 0 Å². The molecule has 0 aliphatic heterocycles. The van der Waals surface area contributed by atoms with Crippen LogP contribution in [0.2, 0.25) is 0 Å². The van der Waals surface area contributed by atoms with E-state index in [2.05, 4.69) is 33.9 Å². The van der Waals surface area contributed by atoms with Gasteiger partial charge < -0.3 is 0 Å². The summed E-state index contributed by atoms with van der Waals surface area (Å²) >= 11 is 0. The van der Waals surface area contributed by atoms with Gasteiger partial charge in [-0.25, -0.2) is 4.98 Å². The van der Waals surface area contributed by atoms with Crippen molar-refractivity contribution in [1.29, 1.82) is 0 Å². The summed E-state index contributed by atoms with van der Waals surface area (Å²) in [5.41, 5.74) is 0. The zero-order valence-corrected chi connectivity index (χ0v) is 7.89. The molecule has 0 radical (unpaired) electrons. The summed E-state index contributed by atoms with van der Waals surface area (Å²) in [5.74, 6) is 2.59. The Kier molecular flexibility index (Phi) is 1.72. The first-order valence-corrected chi connectivity index (χ1v) is 4.23. The van der Waals surface area contributed by atoms with Crippen LogP contribution in [0.1, 0.15) is 31.4 Å². The van der Waals surface area contributed by atoms with E-state index in [1.807, 2.05) is 6.92 Å². The Hall–Kier alpha value is -1.52. The van der Waals surface area contributed by atoms with E-state index in [9.17, 15) is 0 Å². The molecular formula is C8H11N5. The molecule has 5 heteroatoms. The highest BCUT2D eigenvalue weighted by atomic mass is 15.3. The minimum absolute atomic E-state index is 0.325. The largest absolute Gasteiger partial charge is 0.255 e. The molecule has 0 atom stereocenters. The van der Waals surface area contributed by atoms with Crippen molar-refractivity contribution in [2.75, 3.05) is 0 Å². The Morgan fingerprint density at radius 1 is 1.31 bits per heavy atom. The molecule has 2 aromatic rings. The fourth-order valence-electron chi connectivity index (χ4n) is 1.23. The van der Waals surface area contributed by atoms with E-state index in [1.165, 1.54) is 6.33 Å². The van der Waals surface area contributed by atoms with E-state index in [-0.39, 0.29) is 0 Å². The van der Waals surface area contributed by atoms with Gasteiger partial charge in [-0.15, -0.1) is 0 Å². The molecule has 2 aromatic heterocycles. The van der Waals surface area contributed by atoms with Crippen LogP contribution < -0.4 is 0 Å². The summed E-state index contributed by atoms with van der Waals surface area (Å²) in [6.45, 7) is 6.01. The lowest BCUT2D eigenvalue weighted by Crippen LogP contribution is -2.07. The Balaban J connectivity index is 2.77. The zero-order chi connectivity index (χ0) is 9.42. The molecule has 0 fully saturated rings. The van der Waals surface area contributed by atoms with Crippen LogP contribution in [0.15, 0.2) is 6.33 Å². The van der Waals surface area contributed by atoms with Crippen LogP contribution in [0.5, 0.6) is 0 Å². The van der Waals surface area contributed by atoms with Gasteiger partial charge in [0.05, 0.1) is 0 Å². The zero-order valence-electron chi connectivity index (χ0n) is 7.89. The standard InChI is InChI=1S/C8H11N5/c1-5(2)7-11-6(3)12-8-9-4-10-13(7)8/h4-5H,1-3H3. The fraction of sp³-hybridized carbons (Fsp3) is 0.500. The Morgan fingerprint density at radius 3 is 2.77 bits per heavy atom. The molecule has 2 rings (SSSR count). The van der Waals surface area contributed by atoms with Crippen LogP contribution in [0.25, 0.3) is 5.78 Å². The maximum absolute atomic E-state index is 4.32. The highest BCUT2D eigenvalue weighted by Gasteiger charge is 2.09. The number of rotatable bonds is 1. The second kappa shape index (κ2) is 2.76. The SMILES string of the molecule is Cc1nc(C(C)C)n2ncnc2n1. The molecule has 0 saturated heterocycles. The summed E-state index contributed by atoms with van der Waals surface area (Å²) < 4.78 is 1.68. The molecular weight excluding hydrogens is 166 g/mol. The normalized spacial score (nSPS) is 11.4. The van der Waals surface area contributed by atoms with E-state index in [0.717, 1.165) is 11.6 Å². The summed E-state index contributed by atoms with van der Waals surface area (Å²) in [7, 11) is 0. The maximum Gasteiger partial charge on any atom is 0.255 e. The van der Waals surface area contributed by atoms with Gasteiger partial charge in [0, 0.05) is 5.92 Å². The number of aryl methyl sites for hydroxylation is 1. The van der Waals surface area contributed by atoms with Crippen molar-refractivity contribution in [1.82, 2.24) is 24.6 Å². The average Bonchev–Trinajstić information content (AvgIpc) is 2.49. The third-order valence-electron chi connectivity index (χ3n) is 1.80. The Morgan fingerprint density at radius 2 is 2.08 bits per heavy atom. The first-order chi connectivity index (χ1) is 6.18. The smallest absolute Gasteiger partial charge is 0.218 e. The van der Waals surface area contributed by atoms with Crippen molar-refractivity contribution in [2.24, 2.45) is 0 Å². The summed E-state index contributed by atoms with van der Waals surface area (Å²) in [5, 5.41) is 4.06. The number of hydrogen-bond donors (Lipinski definition) is 0. The van der Waals surface area contributed by atoms with Gasteiger partial charge in [0.2, 0.25) is 0 Å². The summed E-state index contributed by atoms with van der Waals surface area (Å²) in [6.07, 6.45) is 1.50. The van der Waals surface area contributed by atoms with Gasteiger partial charge in [-0.2, -0.15) is 19.6 Å². The molecule has 0 bridgehead atoms. The molecule has 0 aliphatic carbocycles. The van der Waals surface area contributed by atoms with Crippen molar-refractivity contribution >= 4 is 5.78 Å². The van der Waals surface area contributed by atoms with Gasteiger partial charge >= 0.3 is 0 Å². The molecule has 68 valence electrons. The minimum atomic E-state index is 0.325. The molecule has 0 N–H and O–H groups in total. The predicted octanol–water partition coefficient (Wildman–Crippen LogP) is 0.951. The van der Waals surface area contributed by atoms with Gasteiger partial charge in [-0.05, 0) is 6.92 Å². The number of aromatic nitrogens is 5. The van der Waals surface area contributed by atoms with Gasteiger partial charge in [-0.1, -0.05) is 13.8 Å². The molecule has 0 amide bonds. The van der Waals surface area contributed by atoms with Crippen LogP contribution in [0.4, 0.5) is 0 Å². The minimum Gasteiger partial charge on any atom is -0.218 e. The van der Waals surface area contributed by atoms with Crippen molar-refractivity contribution in [3.05, 3.63) is 18.0 Å². The molecule has 13 heavy (non-hydrogen) atoms. The lowest BCUT2D eigenvalue weighted by Gasteiger charge is -2.05. The van der Waals surface area contributed by atoms with Crippen LogP contribution in [-0.2, 0) is 0 Å². The van der Waals surface area contributed by atoms with Crippen molar-refractivity contribution < 1.29 is 0 Å². The van der Waals surface area contributed by atoms with E-state index >= 15 is 0 Å². The molecule has 0 spiro atoms. The Labute approximate surface area is 75.9 Å². The van der Waals surface area contributed by atoms with Gasteiger partial charge in [0.15, 0.2) is 0 Å². The third-order valence-corrected chi connectivity index (χ3v) is 1.80. The van der Waals surface area contributed by atoms with Crippen molar-refractivity contribution in [2.45, 2.75) is 26.7 Å². The third kappa shape index (κ3) is 1.26. The number of fused-ring (bicyclic) bond motifs is 1. The quantitative estimate of drug-likeness (QED) is 0.650. The number of hydrogen-bond acceptors (Lipinski definition) is 4. The van der Waals surface area contributed by atoms with Crippen LogP contribution >= 0.6 is 0 Å². The average molecular weight is 177 g/mol. The van der Waals surface area contributed by atoms with Crippen molar-refractivity contribution in [3.8, 4) is 0 Å². The fourth-order valence-corrected chi connectivity index (χ4v) is 1.23. The van der Waals surface area contributed by atoms with Crippen LogP contribution in [0.3, 0.4) is 0 Å². The highest BCUT2D eigenvalue weighted by molar-refractivity contribution is 5.25. The second-order valence-corrected chi connectivity index (χ2v) is 3.26. The predicted molar refractivity (Wildman–Crippen MR) is 47.4 cm³/mol. The summed E-state index contributed by atoms with van der Waals surface area (Å²) in [4.78, 5) is 12.5. The molecule has 0 aromatic carbocycles. The van der Waals surface area contributed by atoms with Gasteiger partial charge in [0.25, 0.3) is 5.78 Å². The van der Waals surface area contributed by atoms with E-state index < -0.39 is 0 Å². The summed E-state index contributed by atoms with van der Waals surface area (Å²) in [6, 6.07) is 0. The number of nitrogens with zero attached hydrogens (tertiary/aromatic N) is 5. The van der Waals surface area contributed by atoms with Crippen molar-refractivity contribution in [3.63, 3.8) is 0 Å². The van der Waals surface area contributed by atoms with E-state index in [1.54, 1.807) is 4.52 Å². The molecule has 0 unspecified atom stereocenters. The second-order valence-electron chi connectivity index (χ2n) is 3.26. The monoisotopic (exact) mass is 177 g/mol.